The average molecular weight is 158 g/mol. The molecule has 1 aliphatic rings. The Morgan fingerprint density at radius 2 is 2.45 bits per heavy atom. The van der Waals surface area contributed by atoms with Crippen LogP contribution in [0.4, 0.5) is 0 Å². The Morgan fingerprint density at radius 1 is 1.64 bits per heavy atom. The number of allylic oxidation sites excluding steroid dienone is 1. The maximum atomic E-state index is 8.69. The summed E-state index contributed by atoms with van der Waals surface area (Å²) >= 11 is 0. The van der Waals surface area contributed by atoms with Crippen LogP contribution in [0.15, 0.2) is 12.2 Å². The molecule has 0 aromatic carbocycles. The first kappa shape index (κ1) is 8.71. The molecule has 1 aliphatic heterocycles. The summed E-state index contributed by atoms with van der Waals surface area (Å²) in [6, 6.07) is 0. The third-order valence-electron chi connectivity index (χ3n) is 1.58. The number of hydrogen-bond acceptors (Lipinski definition) is 3. The normalized spacial score (nSPS) is 31.8. The summed E-state index contributed by atoms with van der Waals surface area (Å²) < 4.78 is 10.5. The van der Waals surface area contributed by atoms with Gasteiger partial charge in [-0.3, -0.25) is 0 Å². The summed E-state index contributed by atoms with van der Waals surface area (Å²) in [6.07, 6.45) is 4.45. The van der Waals surface area contributed by atoms with Gasteiger partial charge in [0.25, 0.3) is 0 Å². The van der Waals surface area contributed by atoms with Crippen molar-refractivity contribution in [2.45, 2.75) is 25.7 Å². The van der Waals surface area contributed by atoms with E-state index >= 15 is 0 Å². The Bertz CT molecular complexity index is 133. The van der Waals surface area contributed by atoms with Gasteiger partial charge in [0.05, 0.1) is 13.2 Å². The Balaban J connectivity index is 2.19. The van der Waals surface area contributed by atoms with Gasteiger partial charge >= 0.3 is 0 Å². The highest BCUT2D eigenvalue weighted by Crippen LogP contribution is 2.14. The summed E-state index contributed by atoms with van der Waals surface area (Å²) in [4.78, 5) is 0. The van der Waals surface area contributed by atoms with Crippen LogP contribution < -0.4 is 0 Å². The van der Waals surface area contributed by atoms with Crippen LogP contribution in [0.2, 0.25) is 0 Å². The average Bonchev–Trinajstić information content (AvgIpc) is 2.48. The highest BCUT2D eigenvalue weighted by atomic mass is 16.7. The van der Waals surface area contributed by atoms with E-state index in [0.717, 1.165) is 6.42 Å². The summed E-state index contributed by atoms with van der Waals surface area (Å²) in [7, 11) is 0. The highest BCUT2D eigenvalue weighted by Gasteiger charge is 2.23. The Labute approximate surface area is 66.6 Å². The molecule has 0 aliphatic carbocycles. The van der Waals surface area contributed by atoms with E-state index in [1.165, 1.54) is 0 Å². The van der Waals surface area contributed by atoms with Gasteiger partial charge in [-0.25, -0.2) is 0 Å². The number of ether oxygens (including phenoxy) is 2. The van der Waals surface area contributed by atoms with E-state index in [2.05, 4.69) is 0 Å². The molecule has 64 valence electrons. The van der Waals surface area contributed by atoms with Gasteiger partial charge in [-0.05, 0) is 6.92 Å². The van der Waals surface area contributed by atoms with Crippen LogP contribution in [0.3, 0.4) is 0 Å². The first-order valence-electron chi connectivity index (χ1n) is 3.86. The minimum absolute atomic E-state index is 0.0480. The SMILES string of the molecule is C/C=C/CC1OCC(CO)O1. The predicted octanol–water partition coefficient (Wildman–Crippen LogP) is 0.686. The zero-order valence-electron chi connectivity index (χ0n) is 6.69. The fourth-order valence-corrected chi connectivity index (χ4v) is 0.974. The Hall–Kier alpha value is -0.380. The highest BCUT2D eigenvalue weighted by molar-refractivity contribution is 4.80. The molecule has 0 bridgehead atoms. The van der Waals surface area contributed by atoms with E-state index in [-0.39, 0.29) is 19.0 Å². The lowest BCUT2D eigenvalue weighted by atomic mass is 10.4. The van der Waals surface area contributed by atoms with Crippen LogP contribution in [-0.4, -0.2) is 30.7 Å². The van der Waals surface area contributed by atoms with Gasteiger partial charge in [0.1, 0.15) is 6.10 Å². The van der Waals surface area contributed by atoms with E-state index in [9.17, 15) is 0 Å². The zero-order valence-corrected chi connectivity index (χ0v) is 6.69. The Morgan fingerprint density at radius 3 is 3.00 bits per heavy atom. The molecular weight excluding hydrogens is 144 g/mol. The monoisotopic (exact) mass is 158 g/mol. The minimum Gasteiger partial charge on any atom is -0.394 e. The van der Waals surface area contributed by atoms with Crippen molar-refractivity contribution in [3.05, 3.63) is 12.2 Å². The molecule has 11 heavy (non-hydrogen) atoms. The molecule has 0 saturated carbocycles. The molecule has 1 N–H and O–H groups in total. The number of hydrogen-bond donors (Lipinski definition) is 1. The number of aliphatic hydroxyl groups excluding tert-OH is 1. The van der Waals surface area contributed by atoms with Crippen molar-refractivity contribution in [2.75, 3.05) is 13.2 Å². The van der Waals surface area contributed by atoms with Crippen molar-refractivity contribution in [3.63, 3.8) is 0 Å². The Kier molecular flexibility index (Phi) is 3.56. The van der Waals surface area contributed by atoms with Gasteiger partial charge in [-0.1, -0.05) is 12.2 Å². The predicted molar refractivity (Wildman–Crippen MR) is 41.1 cm³/mol. The quantitative estimate of drug-likeness (QED) is 0.614. The van der Waals surface area contributed by atoms with Crippen LogP contribution in [0.25, 0.3) is 0 Å². The summed E-state index contributed by atoms with van der Waals surface area (Å²) in [5, 5.41) is 8.69. The third kappa shape index (κ3) is 2.61. The van der Waals surface area contributed by atoms with Crippen molar-refractivity contribution >= 4 is 0 Å². The van der Waals surface area contributed by atoms with Crippen molar-refractivity contribution < 1.29 is 14.6 Å². The fraction of sp³-hybridized carbons (Fsp3) is 0.750. The molecule has 1 heterocycles. The van der Waals surface area contributed by atoms with E-state index in [1.807, 2.05) is 19.1 Å². The van der Waals surface area contributed by atoms with Crippen LogP contribution in [0.1, 0.15) is 13.3 Å². The molecular formula is C8H14O3. The van der Waals surface area contributed by atoms with Crippen molar-refractivity contribution in [1.82, 2.24) is 0 Å². The summed E-state index contributed by atoms with van der Waals surface area (Å²) in [5.74, 6) is 0. The van der Waals surface area contributed by atoms with Gasteiger partial charge in [0.15, 0.2) is 6.29 Å². The largest absolute Gasteiger partial charge is 0.394 e. The lowest BCUT2D eigenvalue weighted by Gasteiger charge is -2.06. The van der Waals surface area contributed by atoms with Gasteiger partial charge in [0.2, 0.25) is 0 Å². The fourth-order valence-electron chi connectivity index (χ4n) is 0.974. The first-order chi connectivity index (χ1) is 5.36. The molecule has 2 atom stereocenters. The third-order valence-corrected chi connectivity index (χ3v) is 1.58. The van der Waals surface area contributed by atoms with E-state index in [1.54, 1.807) is 0 Å². The second-order valence-electron chi connectivity index (χ2n) is 2.51. The van der Waals surface area contributed by atoms with Crippen LogP contribution in [0, 0.1) is 0 Å². The molecule has 0 spiro atoms. The van der Waals surface area contributed by atoms with E-state index in [4.69, 9.17) is 14.6 Å². The van der Waals surface area contributed by atoms with Gasteiger partial charge in [-0.2, -0.15) is 0 Å². The first-order valence-corrected chi connectivity index (χ1v) is 3.86. The minimum atomic E-state index is -0.150. The molecule has 3 heteroatoms. The van der Waals surface area contributed by atoms with Crippen LogP contribution in [-0.2, 0) is 9.47 Å². The van der Waals surface area contributed by atoms with Crippen LogP contribution in [0.5, 0.6) is 0 Å². The summed E-state index contributed by atoms with van der Waals surface area (Å²) in [6.45, 7) is 2.52. The second kappa shape index (κ2) is 4.49. The molecule has 3 nitrogen and oxygen atoms in total. The second-order valence-corrected chi connectivity index (χ2v) is 2.51. The van der Waals surface area contributed by atoms with E-state index in [0.29, 0.717) is 6.61 Å². The summed E-state index contributed by atoms with van der Waals surface area (Å²) in [5.41, 5.74) is 0. The topological polar surface area (TPSA) is 38.7 Å². The molecule has 2 unspecified atom stereocenters. The van der Waals surface area contributed by atoms with Crippen molar-refractivity contribution in [3.8, 4) is 0 Å². The molecule has 0 amide bonds. The standard InChI is InChI=1S/C8H14O3/c1-2-3-4-8-10-6-7(5-9)11-8/h2-3,7-9H,4-6H2,1H3/b3-2+. The van der Waals surface area contributed by atoms with Crippen molar-refractivity contribution in [1.29, 1.82) is 0 Å². The van der Waals surface area contributed by atoms with E-state index < -0.39 is 0 Å². The molecule has 1 rings (SSSR count). The molecule has 1 fully saturated rings. The van der Waals surface area contributed by atoms with Gasteiger partial charge < -0.3 is 14.6 Å². The lowest BCUT2D eigenvalue weighted by molar-refractivity contribution is -0.0615. The zero-order chi connectivity index (χ0) is 8.10. The molecule has 1 saturated heterocycles. The van der Waals surface area contributed by atoms with Crippen LogP contribution >= 0.6 is 0 Å². The molecule has 0 aromatic rings. The molecule has 0 aromatic heterocycles. The maximum Gasteiger partial charge on any atom is 0.161 e. The molecule has 0 radical (unpaired) electrons. The maximum absolute atomic E-state index is 8.69. The lowest BCUT2D eigenvalue weighted by Crippen LogP contribution is -2.15. The number of rotatable bonds is 3. The van der Waals surface area contributed by atoms with Gasteiger partial charge in [-0.15, -0.1) is 0 Å². The number of aliphatic hydroxyl groups is 1. The van der Waals surface area contributed by atoms with Gasteiger partial charge in [0, 0.05) is 6.42 Å². The smallest absolute Gasteiger partial charge is 0.161 e. The van der Waals surface area contributed by atoms with Crippen molar-refractivity contribution in [2.24, 2.45) is 0 Å².